The van der Waals surface area contributed by atoms with E-state index in [1.54, 1.807) is 18.7 Å². The number of carbonyl (C=O) groups excluding carboxylic acids is 2. The van der Waals surface area contributed by atoms with Crippen LogP contribution < -0.4 is 16.4 Å². The van der Waals surface area contributed by atoms with Crippen molar-refractivity contribution in [2.24, 2.45) is 5.73 Å². The van der Waals surface area contributed by atoms with Gasteiger partial charge in [0.05, 0.1) is 0 Å². The fourth-order valence-electron chi connectivity index (χ4n) is 1.45. The molecule has 0 aromatic carbocycles. The van der Waals surface area contributed by atoms with Crippen LogP contribution in [0.1, 0.15) is 33.6 Å². The molecule has 2 unspecified atom stereocenters. The maximum atomic E-state index is 11.9. The van der Waals surface area contributed by atoms with Crippen molar-refractivity contribution in [1.82, 2.24) is 10.6 Å². The zero-order valence-electron chi connectivity index (χ0n) is 12.7. The van der Waals surface area contributed by atoms with Crippen LogP contribution in [-0.2, 0) is 14.4 Å². The SMILES string of the molecule is CCNC(=O)C(CSC(C)C)NC(=O)CCC(N)C(=O)O. The number of hydrogen-bond donors (Lipinski definition) is 4. The lowest BCUT2D eigenvalue weighted by molar-refractivity contribution is -0.138. The molecule has 7 nitrogen and oxygen atoms in total. The normalized spacial score (nSPS) is 13.6. The summed E-state index contributed by atoms with van der Waals surface area (Å²) in [6, 6.07) is -1.69. The van der Waals surface area contributed by atoms with Gasteiger partial charge in [0.1, 0.15) is 12.1 Å². The molecule has 8 heteroatoms. The molecule has 0 saturated carbocycles. The van der Waals surface area contributed by atoms with Crippen molar-refractivity contribution in [3.8, 4) is 0 Å². The predicted octanol–water partition coefficient (Wildman–Crippen LogP) is -0.0590. The number of likely N-dealkylation sites (N-methyl/N-ethyl adjacent to an activating group) is 1. The first kappa shape index (κ1) is 19.7. The van der Waals surface area contributed by atoms with Gasteiger partial charge in [0.2, 0.25) is 11.8 Å². The number of rotatable bonds is 10. The Morgan fingerprint density at radius 2 is 1.90 bits per heavy atom. The minimum absolute atomic E-state index is 0.0181. The van der Waals surface area contributed by atoms with E-state index < -0.39 is 18.1 Å². The highest BCUT2D eigenvalue weighted by Gasteiger charge is 2.21. The fourth-order valence-corrected chi connectivity index (χ4v) is 2.26. The maximum absolute atomic E-state index is 11.9. The van der Waals surface area contributed by atoms with E-state index in [1.807, 2.05) is 13.8 Å². The van der Waals surface area contributed by atoms with E-state index in [0.29, 0.717) is 17.5 Å². The largest absolute Gasteiger partial charge is 0.480 e. The Morgan fingerprint density at radius 1 is 1.29 bits per heavy atom. The van der Waals surface area contributed by atoms with Gasteiger partial charge >= 0.3 is 5.97 Å². The fraction of sp³-hybridized carbons (Fsp3) is 0.769. The molecule has 0 rings (SSSR count). The van der Waals surface area contributed by atoms with Crippen LogP contribution in [0.3, 0.4) is 0 Å². The Kier molecular flexibility index (Phi) is 9.81. The summed E-state index contributed by atoms with van der Waals surface area (Å²) in [5.41, 5.74) is 5.34. The number of carbonyl (C=O) groups is 3. The molecule has 21 heavy (non-hydrogen) atoms. The van der Waals surface area contributed by atoms with Gasteiger partial charge in [-0.15, -0.1) is 0 Å². The van der Waals surface area contributed by atoms with Gasteiger partial charge in [0.15, 0.2) is 0 Å². The Balaban J connectivity index is 4.40. The molecule has 0 aliphatic carbocycles. The smallest absolute Gasteiger partial charge is 0.320 e. The van der Waals surface area contributed by atoms with Crippen LogP contribution in [-0.4, -0.2) is 52.5 Å². The first-order valence-corrected chi connectivity index (χ1v) is 7.99. The molecule has 2 amide bonds. The van der Waals surface area contributed by atoms with Gasteiger partial charge < -0.3 is 21.5 Å². The summed E-state index contributed by atoms with van der Waals surface area (Å²) in [5, 5.41) is 14.3. The van der Waals surface area contributed by atoms with Crippen LogP contribution in [0.15, 0.2) is 0 Å². The lowest BCUT2D eigenvalue weighted by Crippen LogP contribution is -2.48. The van der Waals surface area contributed by atoms with Crippen LogP contribution in [0.4, 0.5) is 0 Å². The zero-order valence-corrected chi connectivity index (χ0v) is 13.5. The van der Waals surface area contributed by atoms with E-state index in [9.17, 15) is 14.4 Å². The second-order valence-electron chi connectivity index (χ2n) is 4.88. The number of amides is 2. The van der Waals surface area contributed by atoms with Gasteiger partial charge in [-0.1, -0.05) is 13.8 Å². The van der Waals surface area contributed by atoms with Gasteiger partial charge in [-0.05, 0) is 18.6 Å². The number of nitrogens with one attached hydrogen (secondary N) is 2. The summed E-state index contributed by atoms with van der Waals surface area (Å²) >= 11 is 1.57. The molecule has 0 aromatic heterocycles. The molecule has 0 bridgehead atoms. The van der Waals surface area contributed by atoms with Gasteiger partial charge in [-0.3, -0.25) is 14.4 Å². The Morgan fingerprint density at radius 3 is 2.38 bits per heavy atom. The van der Waals surface area contributed by atoms with Crippen molar-refractivity contribution in [1.29, 1.82) is 0 Å². The topological polar surface area (TPSA) is 122 Å². The first-order chi connectivity index (χ1) is 9.77. The van der Waals surface area contributed by atoms with E-state index in [4.69, 9.17) is 10.8 Å². The minimum Gasteiger partial charge on any atom is -0.480 e. The molecule has 0 heterocycles. The third kappa shape index (κ3) is 9.30. The Bertz CT molecular complexity index is 363. The second-order valence-corrected chi connectivity index (χ2v) is 6.49. The molecule has 2 atom stereocenters. The summed E-state index contributed by atoms with van der Waals surface area (Å²) in [5.74, 6) is -1.27. The molecule has 0 aromatic rings. The van der Waals surface area contributed by atoms with Crippen molar-refractivity contribution >= 4 is 29.5 Å². The Hall–Kier alpha value is -1.28. The van der Waals surface area contributed by atoms with E-state index in [0.717, 1.165) is 0 Å². The van der Waals surface area contributed by atoms with Crippen LogP contribution in [0.2, 0.25) is 0 Å². The zero-order chi connectivity index (χ0) is 16.4. The first-order valence-electron chi connectivity index (χ1n) is 6.95. The van der Waals surface area contributed by atoms with Gasteiger partial charge in [0, 0.05) is 18.7 Å². The van der Waals surface area contributed by atoms with Crippen LogP contribution in [0, 0.1) is 0 Å². The second kappa shape index (κ2) is 10.4. The lowest BCUT2D eigenvalue weighted by atomic mass is 10.1. The van der Waals surface area contributed by atoms with E-state index in [1.165, 1.54) is 0 Å². The molecule has 0 spiro atoms. The molecular formula is C13H25N3O4S. The standard InChI is InChI=1S/C13H25N3O4S/c1-4-15-12(18)10(7-21-8(2)3)16-11(17)6-5-9(14)13(19)20/h8-10H,4-7,14H2,1-3H3,(H,15,18)(H,16,17)(H,19,20). The third-order valence-corrected chi connectivity index (χ3v) is 3.79. The van der Waals surface area contributed by atoms with Crippen LogP contribution in [0.25, 0.3) is 0 Å². The number of nitrogens with two attached hydrogens (primary N) is 1. The summed E-state index contributed by atoms with van der Waals surface area (Å²) in [4.78, 5) is 34.2. The lowest BCUT2D eigenvalue weighted by Gasteiger charge is -2.19. The van der Waals surface area contributed by atoms with E-state index >= 15 is 0 Å². The average molecular weight is 319 g/mol. The molecule has 0 aliphatic heterocycles. The number of aliphatic carboxylic acids is 1. The molecular weight excluding hydrogens is 294 g/mol. The number of carboxylic acid groups (broad SMARTS) is 1. The average Bonchev–Trinajstić information content (AvgIpc) is 2.40. The number of thioether (sulfide) groups is 1. The Labute approximate surface area is 129 Å². The van der Waals surface area contributed by atoms with Crippen molar-refractivity contribution in [2.75, 3.05) is 12.3 Å². The number of hydrogen-bond acceptors (Lipinski definition) is 5. The third-order valence-electron chi connectivity index (χ3n) is 2.60. The summed E-state index contributed by atoms with van der Waals surface area (Å²) in [6.07, 6.45) is 0.0241. The van der Waals surface area contributed by atoms with Crippen LogP contribution in [0.5, 0.6) is 0 Å². The predicted molar refractivity (Wildman–Crippen MR) is 83.1 cm³/mol. The van der Waals surface area contributed by atoms with Crippen molar-refractivity contribution in [3.63, 3.8) is 0 Å². The minimum atomic E-state index is -1.14. The molecule has 122 valence electrons. The van der Waals surface area contributed by atoms with Gasteiger partial charge in [-0.25, -0.2) is 0 Å². The summed E-state index contributed by atoms with van der Waals surface area (Å²) in [7, 11) is 0. The van der Waals surface area contributed by atoms with Gasteiger partial charge in [-0.2, -0.15) is 11.8 Å². The highest BCUT2D eigenvalue weighted by Crippen LogP contribution is 2.11. The van der Waals surface area contributed by atoms with Crippen LogP contribution >= 0.6 is 11.8 Å². The highest BCUT2D eigenvalue weighted by molar-refractivity contribution is 7.99. The maximum Gasteiger partial charge on any atom is 0.320 e. The van der Waals surface area contributed by atoms with E-state index in [2.05, 4.69) is 10.6 Å². The molecule has 5 N–H and O–H groups in total. The van der Waals surface area contributed by atoms with Crippen molar-refractivity contribution in [3.05, 3.63) is 0 Å². The number of carboxylic acids is 1. The molecule has 0 saturated heterocycles. The highest BCUT2D eigenvalue weighted by atomic mass is 32.2. The quantitative estimate of drug-likeness (QED) is 0.447. The van der Waals surface area contributed by atoms with Crippen molar-refractivity contribution < 1.29 is 19.5 Å². The molecule has 0 fully saturated rings. The summed E-state index contributed by atoms with van der Waals surface area (Å²) < 4.78 is 0. The molecule has 0 aliphatic rings. The van der Waals surface area contributed by atoms with E-state index in [-0.39, 0.29) is 24.7 Å². The molecule has 0 radical (unpaired) electrons. The monoisotopic (exact) mass is 319 g/mol. The van der Waals surface area contributed by atoms with Crippen molar-refractivity contribution in [2.45, 2.75) is 50.9 Å². The summed E-state index contributed by atoms with van der Waals surface area (Å²) in [6.45, 7) is 6.31. The van der Waals surface area contributed by atoms with Gasteiger partial charge in [0.25, 0.3) is 0 Å².